The van der Waals surface area contributed by atoms with E-state index in [-0.39, 0.29) is 44.0 Å². The van der Waals surface area contributed by atoms with E-state index >= 15 is 0 Å². The van der Waals surface area contributed by atoms with Crippen LogP contribution in [0.15, 0.2) is 48.5 Å². The van der Waals surface area contributed by atoms with Crippen molar-refractivity contribution in [3.8, 4) is 5.75 Å². The SMILES string of the molecule is CC1CCC(C2CCC(c3ccc(C(F)(F)Oc4cc[c-]cc4)cc3)CC2)CC1.[Y+3]. The molecule has 0 unspecified atom stereocenters. The van der Waals surface area contributed by atoms with Gasteiger partial charge in [0.25, 0.3) is 0 Å². The molecule has 2 aliphatic rings. The number of hydrogen-bond acceptors (Lipinski definition) is 1. The monoisotopic (exact) mass is 486 g/mol. The molecular formula is C26H31F2OY+2. The number of hydrogen-bond donors (Lipinski definition) is 0. The maximum Gasteiger partial charge on any atom is 3.00 e. The third-order valence-electron chi connectivity index (χ3n) is 7.15. The average Bonchev–Trinajstić information content (AvgIpc) is 2.75. The number of rotatable bonds is 5. The van der Waals surface area contributed by atoms with E-state index < -0.39 is 6.11 Å². The molecule has 4 rings (SSSR count). The van der Waals surface area contributed by atoms with E-state index in [1.165, 1.54) is 81.2 Å². The Bertz CT molecular complexity index is 761. The van der Waals surface area contributed by atoms with Crippen LogP contribution in [0.1, 0.15) is 75.3 Å². The Morgan fingerprint density at radius 1 is 0.800 bits per heavy atom. The zero-order valence-electron chi connectivity index (χ0n) is 17.8. The topological polar surface area (TPSA) is 9.23 Å². The Morgan fingerprint density at radius 2 is 1.33 bits per heavy atom. The van der Waals surface area contributed by atoms with Gasteiger partial charge in [0.1, 0.15) is 0 Å². The van der Waals surface area contributed by atoms with Gasteiger partial charge >= 0.3 is 38.8 Å². The molecule has 2 saturated carbocycles. The molecule has 0 saturated heterocycles. The summed E-state index contributed by atoms with van der Waals surface area (Å²) in [6.45, 7) is 2.38. The van der Waals surface area contributed by atoms with E-state index in [2.05, 4.69) is 13.0 Å². The molecule has 0 amide bonds. The van der Waals surface area contributed by atoms with E-state index in [0.717, 1.165) is 17.8 Å². The van der Waals surface area contributed by atoms with Crippen LogP contribution in [0.25, 0.3) is 0 Å². The predicted molar refractivity (Wildman–Crippen MR) is 112 cm³/mol. The fourth-order valence-corrected chi connectivity index (χ4v) is 5.28. The Kier molecular flexibility index (Phi) is 8.50. The van der Waals surface area contributed by atoms with E-state index in [1.807, 2.05) is 12.1 Å². The van der Waals surface area contributed by atoms with Crippen molar-refractivity contribution < 1.29 is 46.2 Å². The number of benzene rings is 2. The van der Waals surface area contributed by atoms with Gasteiger partial charge in [0.15, 0.2) is 0 Å². The van der Waals surface area contributed by atoms with Crippen LogP contribution in [-0.4, -0.2) is 0 Å². The van der Waals surface area contributed by atoms with E-state index in [0.29, 0.717) is 5.92 Å². The number of ether oxygens (including phenoxy) is 1. The number of alkyl halides is 2. The summed E-state index contributed by atoms with van der Waals surface area (Å²) in [5, 5.41) is 0. The van der Waals surface area contributed by atoms with Crippen LogP contribution >= 0.6 is 0 Å². The summed E-state index contributed by atoms with van der Waals surface area (Å²) in [5.41, 5.74) is 1.09. The summed E-state index contributed by atoms with van der Waals surface area (Å²) < 4.78 is 33.8. The molecule has 0 N–H and O–H groups in total. The first kappa shape index (κ1) is 23.9. The van der Waals surface area contributed by atoms with E-state index in [1.54, 1.807) is 12.1 Å². The molecule has 0 spiro atoms. The number of halogens is 2. The average molecular weight is 486 g/mol. The van der Waals surface area contributed by atoms with Crippen LogP contribution < -0.4 is 4.74 Å². The fraction of sp³-hybridized carbons (Fsp3) is 0.538. The van der Waals surface area contributed by atoms with E-state index in [4.69, 9.17) is 4.74 Å². The van der Waals surface area contributed by atoms with Gasteiger partial charge < -0.3 is 4.74 Å². The van der Waals surface area contributed by atoms with Gasteiger partial charge in [-0.2, -0.15) is 27.0 Å². The molecule has 2 aromatic carbocycles. The second-order valence-corrected chi connectivity index (χ2v) is 9.11. The van der Waals surface area contributed by atoms with Crippen molar-refractivity contribution in [2.24, 2.45) is 17.8 Å². The van der Waals surface area contributed by atoms with Crippen molar-refractivity contribution in [3.05, 3.63) is 65.7 Å². The Morgan fingerprint density at radius 3 is 1.90 bits per heavy atom. The van der Waals surface area contributed by atoms with Gasteiger partial charge in [-0.15, -0.1) is 12.1 Å². The quantitative estimate of drug-likeness (QED) is 0.394. The van der Waals surface area contributed by atoms with Gasteiger partial charge in [-0.3, -0.25) is 0 Å². The summed E-state index contributed by atoms with van der Waals surface area (Å²) in [6, 6.07) is 15.7. The first-order valence-electron chi connectivity index (χ1n) is 11.1. The van der Waals surface area contributed by atoms with Crippen molar-refractivity contribution in [2.45, 2.75) is 70.3 Å². The van der Waals surface area contributed by atoms with Crippen LogP contribution in [-0.2, 0) is 38.8 Å². The standard InChI is InChI=1S/C26H31F2O.Y/c1-19-7-9-20(10-8-19)21-11-13-22(14-12-21)23-15-17-24(18-16-23)26(27,28)29-25-5-3-2-4-6-25;/h3-6,15-22H,7-14H2,1H3;/q-1;+3. The molecule has 2 fully saturated rings. The Labute approximate surface area is 204 Å². The van der Waals surface area contributed by atoms with Crippen LogP contribution in [0.3, 0.4) is 0 Å². The minimum Gasteiger partial charge on any atom is -0.456 e. The van der Waals surface area contributed by atoms with E-state index in [9.17, 15) is 8.78 Å². The van der Waals surface area contributed by atoms with Crippen molar-refractivity contribution >= 4 is 0 Å². The van der Waals surface area contributed by atoms with Crippen molar-refractivity contribution in [3.63, 3.8) is 0 Å². The smallest absolute Gasteiger partial charge is 0.456 e. The molecule has 0 aliphatic heterocycles. The molecular weight excluding hydrogens is 455 g/mol. The minimum atomic E-state index is -3.34. The summed E-state index contributed by atoms with van der Waals surface area (Å²) in [6.07, 6.45) is 7.20. The zero-order chi connectivity index (χ0) is 20.3. The first-order valence-corrected chi connectivity index (χ1v) is 11.1. The second-order valence-electron chi connectivity index (χ2n) is 9.11. The molecule has 0 atom stereocenters. The molecule has 156 valence electrons. The summed E-state index contributed by atoms with van der Waals surface area (Å²) in [4.78, 5) is 0. The molecule has 2 aliphatic carbocycles. The van der Waals surface area contributed by atoms with Crippen LogP contribution in [0.2, 0.25) is 0 Å². The second kappa shape index (κ2) is 10.7. The van der Waals surface area contributed by atoms with Gasteiger partial charge in [-0.1, -0.05) is 31.9 Å². The van der Waals surface area contributed by atoms with Crippen molar-refractivity contribution in [1.82, 2.24) is 0 Å². The van der Waals surface area contributed by atoms with Crippen molar-refractivity contribution in [1.29, 1.82) is 0 Å². The van der Waals surface area contributed by atoms with Gasteiger partial charge in [0.2, 0.25) is 0 Å². The molecule has 1 nitrogen and oxygen atoms in total. The molecule has 0 heterocycles. The summed E-state index contributed by atoms with van der Waals surface area (Å²) in [7, 11) is 0. The molecule has 0 radical (unpaired) electrons. The minimum absolute atomic E-state index is 0. The fourth-order valence-electron chi connectivity index (χ4n) is 5.28. The van der Waals surface area contributed by atoms with Gasteiger partial charge in [0.05, 0.1) is 5.56 Å². The molecule has 0 aromatic heterocycles. The molecule has 0 bridgehead atoms. The maximum atomic E-state index is 14.5. The molecule has 30 heavy (non-hydrogen) atoms. The zero-order valence-corrected chi connectivity index (χ0v) is 20.7. The summed E-state index contributed by atoms with van der Waals surface area (Å²) in [5.74, 6) is 3.35. The van der Waals surface area contributed by atoms with Crippen molar-refractivity contribution in [2.75, 3.05) is 0 Å². The van der Waals surface area contributed by atoms with Gasteiger partial charge in [-0.25, -0.2) is 0 Å². The predicted octanol–water partition coefficient (Wildman–Crippen LogP) is 7.71. The Balaban J connectivity index is 0.00000256. The third kappa shape index (κ3) is 5.91. The Hall–Kier alpha value is -0.796. The largest absolute Gasteiger partial charge is 3.00 e. The van der Waals surface area contributed by atoms with Gasteiger partial charge in [-0.05, 0) is 79.9 Å². The maximum absolute atomic E-state index is 14.5. The molecule has 4 heteroatoms. The summed E-state index contributed by atoms with van der Waals surface area (Å²) >= 11 is 0. The van der Waals surface area contributed by atoms with Gasteiger partial charge in [0, 0.05) is 5.75 Å². The van der Waals surface area contributed by atoms with Crippen LogP contribution in [0.4, 0.5) is 8.78 Å². The first-order chi connectivity index (χ1) is 14.0. The van der Waals surface area contributed by atoms with Crippen LogP contribution in [0, 0.1) is 23.8 Å². The van der Waals surface area contributed by atoms with Crippen LogP contribution in [0.5, 0.6) is 5.75 Å². The normalized spacial score (nSPS) is 27.2. The molecule has 2 aromatic rings. The third-order valence-corrected chi connectivity index (χ3v) is 7.15.